The van der Waals surface area contributed by atoms with Crippen molar-refractivity contribution in [1.82, 2.24) is 20.9 Å². The zero-order valence-electron chi connectivity index (χ0n) is 21.3. The van der Waals surface area contributed by atoms with E-state index in [9.17, 15) is 14.4 Å². The Labute approximate surface area is 208 Å². The minimum absolute atomic E-state index is 0.0457. The van der Waals surface area contributed by atoms with E-state index in [0.717, 1.165) is 12.0 Å². The van der Waals surface area contributed by atoms with Gasteiger partial charge in [-0.15, -0.1) is 0 Å². The number of nitrogens with two attached hydrogens (primary N) is 2. The second-order valence-corrected chi connectivity index (χ2v) is 9.31. The van der Waals surface area contributed by atoms with E-state index in [1.54, 1.807) is 24.5 Å². The Morgan fingerprint density at radius 1 is 1.00 bits per heavy atom. The Kier molecular flexibility index (Phi) is 13.7. The van der Waals surface area contributed by atoms with Crippen LogP contribution in [0.5, 0.6) is 0 Å². The lowest BCUT2D eigenvalue weighted by molar-refractivity contribution is -0.131. The standard InChI is InChI=1S/C25H41N7O3/c1-17(2)14-20(23(34)29-12-5-6-13-30-25(26)27)32-24(35)21(15-18(3)4)31-22(33)10-9-19-8-7-11-28-16-19/h7-11,16-18,20-21H,5-6,12-15H2,1-4H3,(H,29,34)(H,31,33)(H,32,35)(H4,26,27,30)/b10-9+/t20?,21-/m0/s1. The average molecular weight is 488 g/mol. The Morgan fingerprint density at radius 3 is 2.23 bits per heavy atom. The van der Waals surface area contributed by atoms with Gasteiger partial charge in [-0.2, -0.15) is 0 Å². The van der Waals surface area contributed by atoms with Gasteiger partial charge < -0.3 is 27.4 Å². The molecule has 0 aromatic carbocycles. The molecule has 0 saturated carbocycles. The van der Waals surface area contributed by atoms with Crippen LogP contribution in [-0.2, 0) is 14.4 Å². The summed E-state index contributed by atoms with van der Waals surface area (Å²) in [4.78, 5) is 46.3. The molecule has 0 saturated heterocycles. The third kappa shape index (κ3) is 13.8. The number of amides is 3. The number of carbonyl (C=O) groups excluding carboxylic acids is 3. The first-order valence-corrected chi connectivity index (χ1v) is 12.1. The Bertz CT molecular complexity index is 850. The highest BCUT2D eigenvalue weighted by Gasteiger charge is 2.27. The maximum atomic E-state index is 13.1. The molecule has 0 spiro atoms. The molecule has 0 aliphatic heterocycles. The number of carbonyl (C=O) groups is 3. The molecule has 10 heteroatoms. The van der Waals surface area contributed by atoms with Crippen molar-refractivity contribution in [3.05, 3.63) is 36.2 Å². The summed E-state index contributed by atoms with van der Waals surface area (Å²) in [5.74, 6) is -0.621. The second-order valence-electron chi connectivity index (χ2n) is 9.31. The van der Waals surface area contributed by atoms with E-state index in [-0.39, 0.29) is 35.5 Å². The van der Waals surface area contributed by atoms with Crippen molar-refractivity contribution < 1.29 is 14.4 Å². The maximum Gasteiger partial charge on any atom is 0.244 e. The highest BCUT2D eigenvalue weighted by atomic mass is 16.2. The van der Waals surface area contributed by atoms with Crippen molar-refractivity contribution in [1.29, 1.82) is 0 Å². The first-order valence-electron chi connectivity index (χ1n) is 12.1. The summed E-state index contributed by atoms with van der Waals surface area (Å²) in [6.07, 6.45) is 8.66. The first kappa shape index (κ1) is 29.6. The molecule has 35 heavy (non-hydrogen) atoms. The van der Waals surface area contributed by atoms with E-state index in [1.165, 1.54) is 6.08 Å². The van der Waals surface area contributed by atoms with Crippen LogP contribution in [0.25, 0.3) is 6.08 Å². The van der Waals surface area contributed by atoms with Crippen LogP contribution in [0.3, 0.4) is 0 Å². The molecule has 0 bridgehead atoms. The van der Waals surface area contributed by atoms with Crippen LogP contribution < -0.4 is 27.4 Å². The van der Waals surface area contributed by atoms with Gasteiger partial charge in [0.25, 0.3) is 0 Å². The molecule has 1 heterocycles. The van der Waals surface area contributed by atoms with E-state index < -0.39 is 12.1 Å². The van der Waals surface area contributed by atoms with Gasteiger partial charge in [-0.3, -0.25) is 24.4 Å². The van der Waals surface area contributed by atoms with Crippen molar-refractivity contribution in [2.75, 3.05) is 13.1 Å². The third-order valence-electron chi connectivity index (χ3n) is 4.97. The van der Waals surface area contributed by atoms with Gasteiger partial charge in [0.05, 0.1) is 0 Å². The van der Waals surface area contributed by atoms with Gasteiger partial charge in [0.2, 0.25) is 17.7 Å². The van der Waals surface area contributed by atoms with E-state index in [4.69, 9.17) is 11.5 Å². The van der Waals surface area contributed by atoms with Gasteiger partial charge in [0, 0.05) is 31.6 Å². The summed E-state index contributed by atoms with van der Waals surface area (Å²) in [6, 6.07) is 2.14. The van der Waals surface area contributed by atoms with Gasteiger partial charge in [-0.25, -0.2) is 0 Å². The Hall–Kier alpha value is -3.43. The molecule has 10 nitrogen and oxygen atoms in total. The normalized spacial score (nSPS) is 12.9. The lowest BCUT2D eigenvalue weighted by atomic mass is 10.00. The minimum atomic E-state index is -0.761. The number of hydrogen-bond donors (Lipinski definition) is 5. The fourth-order valence-corrected chi connectivity index (χ4v) is 3.32. The summed E-state index contributed by atoms with van der Waals surface area (Å²) >= 11 is 0. The molecule has 2 atom stereocenters. The molecule has 1 rings (SSSR count). The second kappa shape index (κ2) is 16.2. The fourth-order valence-electron chi connectivity index (χ4n) is 3.32. The quantitative estimate of drug-likeness (QED) is 0.108. The topological polar surface area (TPSA) is 165 Å². The number of pyridine rings is 1. The van der Waals surface area contributed by atoms with E-state index in [0.29, 0.717) is 32.4 Å². The van der Waals surface area contributed by atoms with E-state index >= 15 is 0 Å². The maximum absolute atomic E-state index is 13.1. The van der Waals surface area contributed by atoms with Crippen LogP contribution in [0.15, 0.2) is 35.6 Å². The zero-order valence-corrected chi connectivity index (χ0v) is 21.3. The van der Waals surface area contributed by atoms with Crippen molar-refractivity contribution in [3.8, 4) is 0 Å². The van der Waals surface area contributed by atoms with Crippen LogP contribution in [0.4, 0.5) is 0 Å². The predicted octanol–water partition coefficient (Wildman–Crippen LogP) is 1.33. The number of nitrogens with zero attached hydrogens (tertiary/aromatic N) is 2. The summed E-state index contributed by atoms with van der Waals surface area (Å²) in [5, 5.41) is 8.49. The van der Waals surface area contributed by atoms with Crippen LogP contribution >= 0.6 is 0 Å². The van der Waals surface area contributed by atoms with Gasteiger partial charge in [0.1, 0.15) is 12.1 Å². The van der Waals surface area contributed by atoms with Gasteiger partial charge in [0.15, 0.2) is 5.96 Å². The molecule has 0 radical (unpaired) electrons. The SMILES string of the molecule is CC(C)CC(NC(=O)[C@H](CC(C)C)NC(=O)/C=C/c1cccnc1)C(=O)NCCCCN=C(N)N. The number of hydrogen-bond acceptors (Lipinski definition) is 5. The lowest BCUT2D eigenvalue weighted by Gasteiger charge is -2.25. The number of nitrogens with one attached hydrogen (secondary N) is 3. The van der Waals surface area contributed by atoms with Crippen LogP contribution in [-0.4, -0.2) is 53.8 Å². The molecular weight excluding hydrogens is 446 g/mol. The number of aliphatic imine (C=N–C) groups is 1. The fraction of sp³-hybridized carbons (Fsp3) is 0.560. The van der Waals surface area contributed by atoms with Crippen molar-refractivity contribution in [2.45, 2.75) is 65.5 Å². The molecule has 1 unspecified atom stereocenters. The summed E-state index contributed by atoms with van der Waals surface area (Å²) < 4.78 is 0. The van der Waals surface area contributed by atoms with Crippen LogP contribution in [0, 0.1) is 11.8 Å². The molecule has 1 aromatic heterocycles. The van der Waals surface area contributed by atoms with Gasteiger partial charge >= 0.3 is 0 Å². The van der Waals surface area contributed by atoms with Gasteiger partial charge in [-0.1, -0.05) is 33.8 Å². The largest absolute Gasteiger partial charge is 0.370 e. The van der Waals surface area contributed by atoms with Crippen molar-refractivity contribution in [3.63, 3.8) is 0 Å². The molecule has 7 N–H and O–H groups in total. The number of rotatable bonds is 15. The molecule has 3 amide bonds. The van der Waals surface area contributed by atoms with Crippen LogP contribution in [0.1, 0.15) is 58.9 Å². The highest BCUT2D eigenvalue weighted by molar-refractivity contribution is 5.96. The Morgan fingerprint density at radius 2 is 1.66 bits per heavy atom. The first-order chi connectivity index (χ1) is 16.6. The predicted molar refractivity (Wildman–Crippen MR) is 139 cm³/mol. The smallest absolute Gasteiger partial charge is 0.244 e. The molecule has 0 aliphatic carbocycles. The number of unbranched alkanes of at least 4 members (excludes halogenated alkanes) is 1. The van der Waals surface area contributed by atoms with Crippen LogP contribution in [0.2, 0.25) is 0 Å². The third-order valence-corrected chi connectivity index (χ3v) is 4.97. The molecular formula is C25H41N7O3. The number of guanidine groups is 1. The summed E-state index contributed by atoms with van der Waals surface area (Å²) in [5.41, 5.74) is 11.4. The van der Waals surface area contributed by atoms with Crippen molar-refractivity contribution in [2.24, 2.45) is 28.3 Å². The van der Waals surface area contributed by atoms with E-state index in [2.05, 4.69) is 25.9 Å². The summed E-state index contributed by atoms with van der Waals surface area (Å²) in [7, 11) is 0. The lowest BCUT2D eigenvalue weighted by Crippen LogP contribution is -2.54. The monoisotopic (exact) mass is 487 g/mol. The minimum Gasteiger partial charge on any atom is -0.370 e. The van der Waals surface area contributed by atoms with E-state index in [1.807, 2.05) is 33.8 Å². The van der Waals surface area contributed by atoms with Gasteiger partial charge in [-0.05, 0) is 55.2 Å². The zero-order chi connectivity index (χ0) is 26.2. The summed E-state index contributed by atoms with van der Waals surface area (Å²) in [6.45, 7) is 8.86. The molecule has 0 aliphatic rings. The average Bonchev–Trinajstić information content (AvgIpc) is 2.78. The molecule has 0 fully saturated rings. The molecule has 1 aromatic rings. The number of aromatic nitrogens is 1. The van der Waals surface area contributed by atoms with Crippen molar-refractivity contribution >= 4 is 29.8 Å². The molecule has 194 valence electrons. The highest BCUT2D eigenvalue weighted by Crippen LogP contribution is 2.09. The Balaban J connectivity index is 2.74.